The molecule has 8 fully saturated rings. The zero-order valence-electron chi connectivity index (χ0n) is 41.6. The maximum absolute atomic E-state index is 15.1. The van der Waals surface area contributed by atoms with Gasteiger partial charge in [-0.1, -0.05) is 63.8 Å². The smallest absolute Gasteiger partial charge is 0.310 e. The second kappa shape index (κ2) is 16.6. The Hall–Kier alpha value is -2.77. The van der Waals surface area contributed by atoms with Crippen molar-refractivity contribution in [1.82, 2.24) is 15.3 Å². The van der Waals surface area contributed by atoms with Gasteiger partial charge in [0.2, 0.25) is 5.91 Å². The molecule has 1 aromatic rings. The quantitative estimate of drug-likeness (QED) is 0.0856. The van der Waals surface area contributed by atoms with Crippen LogP contribution in [0.25, 0.3) is 0 Å². The summed E-state index contributed by atoms with van der Waals surface area (Å²) in [5, 5.41) is 94.8. The molecule has 3 spiro atoms. The largest absolute Gasteiger partial charge is 0.481 e. The van der Waals surface area contributed by atoms with E-state index in [-0.39, 0.29) is 61.2 Å². The van der Waals surface area contributed by atoms with Crippen molar-refractivity contribution in [1.29, 1.82) is 0 Å². The summed E-state index contributed by atoms with van der Waals surface area (Å²) in [5.41, 5.74) is 4.09. The molecule has 2 saturated heterocycles. The van der Waals surface area contributed by atoms with E-state index in [0.717, 1.165) is 44.2 Å². The first kappa shape index (κ1) is 49.4. The van der Waals surface area contributed by atoms with Gasteiger partial charge in [-0.15, -0.1) is 0 Å². The predicted octanol–water partition coefficient (Wildman–Crippen LogP) is 3.78. The van der Waals surface area contributed by atoms with Gasteiger partial charge in [-0.3, -0.25) is 9.59 Å². The van der Waals surface area contributed by atoms with Crippen LogP contribution in [0.15, 0.2) is 35.8 Å². The fraction of sp³-hybridized carbons (Fsp3) is 0.833. The number of hydrogen-bond acceptors (Lipinski definition) is 13. The van der Waals surface area contributed by atoms with Crippen molar-refractivity contribution in [2.45, 2.75) is 185 Å². The number of aromatic amines is 1. The number of allylic oxidation sites excluding steroid dienone is 4. The topological polar surface area (TPSA) is 281 Å². The number of nitrogens with zero attached hydrogens (tertiary/aromatic N) is 1. The molecule has 3 heterocycles. The molecule has 1 amide bonds. The number of carbonyl (C=O) groups excluding carboxylic acids is 1. The average molecular weight is 977 g/mol. The molecular formula is C54H80N4O12. The number of carboxylic acids is 1. The van der Waals surface area contributed by atoms with Gasteiger partial charge in [0.15, 0.2) is 6.29 Å². The van der Waals surface area contributed by atoms with Crippen LogP contribution in [0.1, 0.15) is 142 Å². The van der Waals surface area contributed by atoms with E-state index < -0.39 is 105 Å². The number of carbonyl (C=O) groups is 2. The molecule has 11 rings (SSSR count). The predicted molar refractivity (Wildman–Crippen MR) is 254 cm³/mol. The molecule has 12 N–H and O–H groups in total. The number of fused-ring (bicyclic) bond motifs is 2. The van der Waals surface area contributed by atoms with Crippen LogP contribution in [0.4, 0.5) is 0 Å². The van der Waals surface area contributed by atoms with Crippen LogP contribution in [0.2, 0.25) is 0 Å². The minimum absolute atomic E-state index is 0.00410. The molecule has 0 radical (unpaired) electrons. The van der Waals surface area contributed by atoms with Gasteiger partial charge in [-0.2, -0.15) is 0 Å². The summed E-state index contributed by atoms with van der Waals surface area (Å²) in [6.07, 6.45) is 9.37. The van der Waals surface area contributed by atoms with Gasteiger partial charge in [-0.05, 0) is 129 Å². The van der Waals surface area contributed by atoms with Crippen molar-refractivity contribution < 1.29 is 59.9 Å². The molecule has 2 bridgehead atoms. The zero-order chi connectivity index (χ0) is 49.8. The highest BCUT2D eigenvalue weighted by molar-refractivity contribution is 5.86. The monoisotopic (exact) mass is 977 g/mol. The maximum atomic E-state index is 15.1. The number of aliphatic hydroxyl groups excluding tert-OH is 7. The maximum Gasteiger partial charge on any atom is 0.310 e. The number of ether oxygens (including phenoxy) is 2. The van der Waals surface area contributed by atoms with Crippen LogP contribution in [0, 0.1) is 72.9 Å². The lowest BCUT2D eigenvalue weighted by atomic mass is 9.21. The summed E-state index contributed by atoms with van der Waals surface area (Å²) in [7, 11) is 0. The van der Waals surface area contributed by atoms with Crippen molar-refractivity contribution in [3.05, 3.63) is 41.5 Å². The molecule has 8 aliphatic carbocycles. The van der Waals surface area contributed by atoms with Gasteiger partial charge in [0, 0.05) is 53.1 Å². The summed E-state index contributed by atoms with van der Waals surface area (Å²) in [5.74, 6) is -2.92. The first-order valence-corrected chi connectivity index (χ1v) is 26.8. The fourth-order valence-corrected chi connectivity index (χ4v) is 20.1. The number of aliphatic carboxylic acids is 1. The normalized spacial score (nSPS) is 50.8. The van der Waals surface area contributed by atoms with Gasteiger partial charge in [0.1, 0.15) is 24.5 Å². The number of H-pyrrole nitrogens is 1. The number of aromatic nitrogens is 2. The van der Waals surface area contributed by atoms with Crippen LogP contribution >= 0.6 is 0 Å². The number of rotatable bonds is 11. The van der Waals surface area contributed by atoms with E-state index in [1.54, 1.807) is 12.5 Å². The van der Waals surface area contributed by atoms with E-state index in [4.69, 9.17) is 15.2 Å². The molecule has 16 nitrogen and oxygen atoms in total. The van der Waals surface area contributed by atoms with E-state index in [1.807, 2.05) is 6.92 Å². The van der Waals surface area contributed by atoms with E-state index in [1.165, 1.54) is 11.1 Å². The summed E-state index contributed by atoms with van der Waals surface area (Å²) in [6.45, 7) is 8.25. The molecule has 1 aromatic heterocycles. The van der Waals surface area contributed by atoms with Crippen molar-refractivity contribution in [2.24, 2.45) is 78.6 Å². The van der Waals surface area contributed by atoms with Gasteiger partial charge < -0.3 is 66.4 Å². The van der Waals surface area contributed by atoms with Crippen molar-refractivity contribution >= 4 is 11.9 Å². The number of hydrogen-bond donors (Lipinski definition) is 11. The lowest BCUT2D eigenvalue weighted by Gasteiger charge is -2.82. The highest BCUT2D eigenvalue weighted by atomic mass is 16.7. The molecule has 0 unspecified atom stereocenters. The molecule has 70 heavy (non-hydrogen) atoms. The van der Waals surface area contributed by atoms with Crippen molar-refractivity contribution in [3.8, 4) is 0 Å². The number of carboxylic acid groups (broad SMARTS) is 1. The van der Waals surface area contributed by atoms with E-state index in [2.05, 4.69) is 48.2 Å². The molecule has 2 aliphatic heterocycles. The Kier molecular flexibility index (Phi) is 11.7. The Morgan fingerprint density at radius 2 is 1.69 bits per heavy atom. The van der Waals surface area contributed by atoms with Gasteiger partial charge in [-0.25, -0.2) is 4.98 Å². The van der Waals surface area contributed by atoms with Crippen molar-refractivity contribution in [2.75, 3.05) is 19.8 Å². The summed E-state index contributed by atoms with van der Waals surface area (Å²) >= 11 is 0. The summed E-state index contributed by atoms with van der Waals surface area (Å²) in [6, 6.07) is -0.446. The van der Waals surface area contributed by atoms with E-state index in [9.17, 15) is 45.6 Å². The second-order valence-electron chi connectivity index (χ2n) is 25.6. The van der Waals surface area contributed by atoms with Crippen LogP contribution in [-0.4, -0.2) is 132 Å². The Balaban J connectivity index is 1.14. The second-order valence-corrected chi connectivity index (χ2v) is 25.6. The molecule has 388 valence electrons. The van der Waals surface area contributed by atoms with Gasteiger partial charge >= 0.3 is 5.97 Å². The highest BCUT2D eigenvalue weighted by Crippen LogP contribution is 2.87. The van der Waals surface area contributed by atoms with Crippen LogP contribution in [0.3, 0.4) is 0 Å². The van der Waals surface area contributed by atoms with E-state index in [0.29, 0.717) is 57.8 Å². The number of imidazole rings is 1. The third-order valence-electron chi connectivity index (χ3n) is 23.4. The van der Waals surface area contributed by atoms with Crippen LogP contribution in [-0.2, 0) is 19.1 Å². The van der Waals surface area contributed by atoms with Crippen LogP contribution < -0.4 is 11.1 Å². The number of nitrogens with two attached hydrogens (primary N) is 1. The molecular weight excluding hydrogens is 897 g/mol. The molecule has 6 saturated carbocycles. The SMILES string of the molecule is C[C@]1(CO)CC[C@]2(C(=O)O)CC[C@@]34CCC5=C[C@H]([C@H]6[C@H]([C@H](CC[C@@H](N)O)c7cnc[nH]7)NC(=O)C67CCCC7)[C@H]6[C@@H](O)[C@@H](O[C@@H]7OC[C@@H](O)[C@H](O)[C@H]7O)[C@@](C)(CO)[C@H]7CC[C@]3(C)[C@]5(CC=C4[C@@H]2C1)[C@@]67C. The molecule has 0 aromatic carbocycles. The Labute approximate surface area is 411 Å². The minimum Gasteiger partial charge on any atom is -0.481 e. The summed E-state index contributed by atoms with van der Waals surface area (Å²) < 4.78 is 12.8. The minimum atomic E-state index is -1.64. The van der Waals surface area contributed by atoms with Crippen LogP contribution in [0.5, 0.6) is 0 Å². The third-order valence-corrected chi connectivity index (χ3v) is 23.4. The number of nitrogens with one attached hydrogen (secondary N) is 2. The first-order valence-electron chi connectivity index (χ1n) is 26.8. The zero-order valence-corrected chi connectivity index (χ0v) is 41.6. The molecule has 10 aliphatic rings. The fourth-order valence-electron chi connectivity index (χ4n) is 20.1. The van der Waals surface area contributed by atoms with Crippen molar-refractivity contribution in [3.63, 3.8) is 0 Å². The number of aliphatic hydroxyl groups is 7. The average Bonchev–Trinajstić information content (AvgIpc) is 4.10. The van der Waals surface area contributed by atoms with Gasteiger partial charge in [0.05, 0.1) is 42.6 Å². The molecule has 16 heteroatoms. The molecule has 21 atom stereocenters. The first-order chi connectivity index (χ1) is 33.2. The lowest BCUT2D eigenvalue weighted by molar-refractivity contribution is -0.358. The Morgan fingerprint density at radius 3 is 2.36 bits per heavy atom. The van der Waals surface area contributed by atoms with E-state index >= 15 is 4.79 Å². The third kappa shape index (κ3) is 6.15. The highest BCUT2D eigenvalue weighted by Gasteiger charge is 2.83. The Morgan fingerprint density at radius 1 is 0.943 bits per heavy atom. The van der Waals surface area contributed by atoms with Gasteiger partial charge in [0.25, 0.3) is 0 Å². The number of amides is 1. The lowest BCUT2D eigenvalue weighted by Crippen LogP contribution is -2.79. The standard InChI is InChI=1S/C54H80N4O12/c1-47(25-59)17-18-51(46(67)68)19-20-53-15-9-28-21-30(37-39(58-45(66)52(37)12-5-6-13-52)29(7-8-36(55)62)33-23-56-27-57-33)38-41(64)43(70-44-42(65)40(63)34(61)24-69-44)48(2,26-60)35-11-14-49(53,3)54(28,50(35,38)4)16-10-31(53)32(51)22-47/h10,21,23,27,29-30,32,34-44,59-65H,5-9,11-20,22,24-26,55H2,1-4H3,(H,56,57)(H,58,66)(H,67,68)/t29-,30-,32+,34-,35-,36+,37+,38+,39+,40+,41-,42-,43-,44+,47+,48+,49+,50-,51+,53-,54-/m1/s1. The summed E-state index contributed by atoms with van der Waals surface area (Å²) in [4.78, 5) is 36.5. The Bertz CT molecular complexity index is 2290.